The number of hydrogen-bond donors (Lipinski definition) is 0. The van der Waals surface area contributed by atoms with Crippen molar-refractivity contribution < 1.29 is 0 Å². The van der Waals surface area contributed by atoms with Gasteiger partial charge in [0.25, 0.3) is 0 Å². The van der Waals surface area contributed by atoms with Gasteiger partial charge >= 0.3 is 0 Å². The van der Waals surface area contributed by atoms with E-state index in [1.165, 1.54) is 18.4 Å². The van der Waals surface area contributed by atoms with Crippen LogP contribution in [-0.2, 0) is 0 Å². The van der Waals surface area contributed by atoms with Crippen molar-refractivity contribution in [3.8, 4) is 0 Å². The lowest BCUT2D eigenvalue weighted by molar-refractivity contribution is 0.388. The summed E-state index contributed by atoms with van der Waals surface area (Å²) in [6, 6.07) is 0. The van der Waals surface area contributed by atoms with Crippen molar-refractivity contribution in [1.29, 1.82) is 0 Å². The smallest absolute Gasteiger partial charge is 0.0263 e. The Labute approximate surface area is 78.1 Å². The molecule has 0 unspecified atom stereocenters. The highest BCUT2D eigenvalue weighted by molar-refractivity contribution is 4.97. The average Bonchev–Trinajstić information content (AvgIpc) is 1.98. The second-order valence-corrected chi connectivity index (χ2v) is 4.57. The van der Waals surface area contributed by atoms with E-state index < -0.39 is 0 Å². The Hall–Kier alpha value is -0.260. The SMILES string of the molecule is C=C(CC[C@@H](C)C(C)C)C(C)C. The van der Waals surface area contributed by atoms with Crippen LogP contribution < -0.4 is 0 Å². The third-order valence-corrected chi connectivity index (χ3v) is 2.88. The van der Waals surface area contributed by atoms with Crippen molar-refractivity contribution in [1.82, 2.24) is 0 Å². The maximum absolute atomic E-state index is 4.09. The fourth-order valence-corrected chi connectivity index (χ4v) is 1.04. The fraction of sp³-hybridized carbons (Fsp3) is 0.833. The van der Waals surface area contributed by atoms with Crippen LogP contribution in [0, 0.1) is 17.8 Å². The molecular weight excluding hydrogens is 144 g/mol. The summed E-state index contributed by atoms with van der Waals surface area (Å²) in [6.45, 7) is 15.5. The molecule has 0 nitrogen and oxygen atoms in total. The van der Waals surface area contributed by atoms with Crippen LogP contribution in [0.15, 0.2) is 12.2 Å². The maximum Gasteiger partial charge on any atom is -0.0263 e. The summed E-state index contributed by atoms with van der Waals surface area (Å²) in [5.41, 5.74) is 1.41. The number of allylic oxidation sites excluding steroid dienone is 1. The van der Waals surface area contributed by atoms with E-state index in [1.54, 1.807) is 0 Å². The first-order valence-electron chi connectivity index (χ1n) is 5.12. The van der Waals surface area contributed by atoms with Gasteiger partial charge in [-0.15, -0.1) is 0 Å². The molecule has 0 saturated heterocycles. The summed E-state index contributed by atoms with van der Waals surface area (Å²) in [5.74, 6) is 2.30. The molecule has 0 aliphatic heterocycles. The first-order chi connectivity index (χ1) is 5.45. The molecule has 0 aliphatic rings. The van der Waals surface area contributed by atoms with Gasteiger partial charge in [-0.2, -0.15) is 0 Å². The van der Waals surface area contributed by atoms with Gasteiger partial charge in [0.2, 0.25) is 0 Å². The van der Waals surface area contributed by atoms with Crippen molar-refractivity contribution in [3.63, 3.8) is 0 Å². The van der Waals surface area contributed by atoms with Crippen LogP contribution in [0.4, 0.5) is 0 Å². The molecule has 12 heavy (non-hydrogen) atoms. The molecule has 1 atom stereocenters. The Kier molecular flexibility index (Phi) is 5.28. The van der Waals surface area contributed by atoms with Gasteiger partial charge < -0.3 is 0 Å². The van der Waals surface area contributed by atoms with E-state index in [1.807, 2.05) is 0 Å². The van der Waals surface area contributed by atoms with E-state index in [2.05, 4.69) is 41.2 Å². The molecule has 0 aromatic carbocycles. The minimum atomic E-state index is 0.657. The lowest BCUT2D eigenvalue weighted by atomic mass is 9.89. The van der Waals surface area contributed by atoms with Gasteiger partial charge in [0.05, 0.1) is 0 Å². The molecule has 0 rings (SSSR count). The highest BCUT2D eigenvalue weighted by Gasteiger charge is 2.08. The van der Waals surface area contributed by atoms with Gasteiger partial charge in [0.1, 0.15) is 0 Å². The molecule has 0 saturated carbocycles. The molecule has 0 aromatic rings. The van der Waals surface area contributed by atoms with Crippen LogP contribution in [0.2, 0.25) is 0 Å². The zero-order valence-corrected chi connectivity index (χ0v) is 9.35. The molecule has 0 radical (unpaired) electrons. The summed E-state index contributed by atoms with van der Waals surface area (Å²) in [5, 5.41) is 0. The maximum atomic E-state index is 4.09. The predicted octanol–water partition coefficient (Wildman–Crippen LogP) is 4.27. The second-order valence-electron chi connectivity index (χ2n) is 4.57. The van der Waals surface area contributed by atoms with Crippen LogP contribution in [0.1, 0.15) is 47.5 Å². The van der Waals surface area contributed by atoms with E-state index in [9.17, 15) is 0 Å². The topological polar surface area (TPSA) is 0 Å². The molecule has 0 amide bonds. The van der Waals surface area contributed by atoms with Gasteiger partial charge in [0.15, 0.2) is 0 Å². The van der Waals surface area contributed by atoms with Gasteiger partial charge in [-0.3, -0.25) is 0 Å². The number of hydrogen-bond acceptors (Lipinski definition) is 0. The molecule has 0 fully saturated rings. The molecule has 0 spiro atoms. The summed E-state index contributed by atoms with van der Waals surface area (Å²) in [4.78, 5) is 0. The first-order valence-corrected chi connectivity index (χ1v) is 5.12. The van der Waals surface area contributed by atoms with Gasteiger partial charge in [-0.25, -0.2) is 0 Å². The average molecular weight is 168 g/mol. The highest BCUT2D eigenvalue weighted by atomic mass is 14.1. The monoisotopic (exact) mass is 168 g/mol. The standard InChI is InChI=1S/C12H24/c1-9(2)11(5)7-8-12(6)10(3)4/h9-10,12H,5,7-8H2,1-4,6H3/t12-/m1/s1. The van der Waals surface area contributed by atoms with Crippen LogP contribution in [-0.4, -0.2) is 0 Å². The second kappa shape index (κ2) is 5.40. The normalized spacial score (nSPS) is 13.9. The zero-order chi connectivity index (χ0) is 9.72. The minimum absolute atomic E-state index is 0.657. The molecule has 0 aromatic heterocycles. The summed E-state index contributed by atoms with van der Waals surface area (Å²) < 4.78 is 0. The van der Waals surface area contributed by atoms with Crippen molar-refractivity contribution in [2.45, 2.75) is 47.5 Å². The zero-order valence-electron chi connectivity index (χ0n) is 9.35. The van der Waals surface area contributed by atoms with Gasteiger partial charge in [0, 0.05) is 0 Å². The minimum Gasteiger partial charge on any atom is -0.0996 e. The molecule has 72 valence electrons. The van der Waals surface area contributed by atoms with E-state index >= 15 is 0 Å². The lowest BCUT2D eigenvalue weighted by Gasteiger charge is -2.17. The number of rotatable bonds is 5. The van der Waals surface area contributed by atoms with Crippen LogP contribution in [0.3, 0.4) is 0 Å². The Morgan fingerprint density at radius 1 is 1.08 bits per heavy atom. The molecule has 0 aliphatic carbocycles. The largest absolute Gasteiger partial charge is 0.0996 e. The lowest BCUT2D eigenvalue weighted by Crippen LogP contribution is -2.05. The molecule has 0 N–H and O–H groups in total. The molecule has 0 bridgehead atoms. The van der Waals surface area contributed by atoms with Crippen LogP contribution in [0.5, 0.6) is 0 Å². The molecule has 0 heterocycles. The highest BCUT2D eigenvalue weighted by Crippen LogP contribution is 2.21. The summed E-state index contributed by atoms with van der Waals surface area (Å²) in [6.07, 6.45) is 2.51. The van der Waals surface area contributed by atoms with E-state index in [0.29, 0.717) is 5.92 Å². The van der Waals surface area contributed by atoms with E-state index in [4.69, 9.17) is 0 Å². The van der Waals surface area contributed by atoms with Crippen molar-refractivity contribution in [2.24, 2.45) is 17.8 Å². The van der Waals surface area contributed by atoms with Crippen molar-refractivity contribution in [3.05, 3.63) is 12.2 Å². The fourth-order valence-electron chi connectivity index (χ4n) is 1.04. The van der Waals surface area contributed by atoms with E-state index in [0.717, 1.165) is 11.8 Å². The third kappa shape index (κ3) is 4.58. The predicted molar refractivity (Wildman–Crippen MR) is 57.2 cm³/mol. The first kappa shape index (κ1) is 11.7. The van der Waals surface area contributed by atoms with E-state index in [-0.39, 0.29) is 0 Å². The van der Waals surface area contributed by atoms with Crippen LogP contribution >= 0.6 is 0 Å². The quantitative estimate of drug-likeness (QED) is 0.538. The van der Waals surface area contributed by atoms with Gasteiger partial charge in [-0.1, -0.05) is 46.8 Å². The Balaban J connectivity index is 3.61. The molecule has 0 heteroatoms. The third-order valence-electron chi connectivity index (χ3n) is 2.88. The van der Waals surface area contributed by atoms with Crippen molar-refractivity contribution >= 4 is 0 Å². The Morgan fingerprint density at radius 2 is 1.58 bits per heavy atom. The Morgan fingerprint density at radius 3 is 1.92 bits per heavy atom. The molecular formula is C12H24. The van der Waals surface area contributed by atoms with Crippen LogP contribution in [0.25, 0.3) is 0 Å². The summed E-state index contributed by atoms with van der Waals surface area (Å²) in [7, 11) is 0. The van der Waals surface area contributed by atoms with Crippen molar-refractivity contribution in [2.75, 3.05) is 0 Å². The van der Waals surface area contributed by atoms with Gasteiger partial charge in [-0.05, 0) is 30.6 Å². The summed E-state index contributed by atoms with van der Waals surface area (Å²) >= 11 is 0. The Bertz CT molecular complexity index is 131.